The number of hydrogen-bond acceptors (Lipinski definition) is 2. The van der Waals surface area contributed by atoms with Crippen molar-refractivity contribution in [1.29, 1.82) is 0 Å². The Hall–Kier alpha value is -4.92. The fourth-order valence-corrected chi connectivity index (χ4v) is 5.71. The van der Waals surface area contributed by atoms with E-state index in [1.54, 1.807) is 14.2 Å². The molecule has 44 heavy (non-hydrogen) atoms. The van der Waals surface area contributed by atoms with Gasteiger partial charge in [0.15, 0.2) is 0 Å². The first-order chi connectivity index (χ1) is 20.9. The van der Waals surface area contributed by atoms with Crippen LogP contribution in [0, 0.1) is 23.7 Å². The minimum Gasteiger partial charge on any atom is -0.497 e. The molecule has 0 unspecified atom stereocenters. The van der Waals surface area contributed by atoms with Crippen LogP contribution in [-0.4, -0.2) is 14.2 Å². The van der Waals surface area contributed by atoms with E-state index in [1.807, 2.05) is 48.5 Å². The Morgan fingerprint density at radius 2 is 0.841 bits per heavy atom. The molecule has 0 heterocycles. The van der Waals surface area contributed by atoms with Crippen molar-refractivity contribution in [1.82, 2.24) is 0 Å². The second kappa shape index (κ2) is 11.0. The Bertz CT molecular complexity index is 1990. The van der Waals surface area contributed by atoms with Crippen LogP contribution in [0.5, 0.6) is 11.5 Å². The van der Waals surface area contributed by atoms with Crippen molar-refractivity contribution in [3.8, 4) is 35.2 Å². The lowest BCUT2D eigenvalue weighted by atomic mass is 9.79. The first kappa shape index (κ1) is 29.2. The second-order valence-electron chi connectivity index (χ2n) is 13.5. The van der Waals surface area contributed by atoms with Gasteiger partial charge in [0.1, 0.15) is 11.5 Å². The molecule has 0 aromatic heterocycles. The summed E-state index contributed by atoms with van der Waals surface area (Å²) in [6.07, 6.45) is 0. The van der Waals surface area contributed by atoms with Gasteiger partial charge >= 0.3 is 0 Å². The summed E-state index contributed by atoms with van der Waals surface area (Å²) in [7, 11) is 3.36. The summed E-state index contributed by atoms with van der Waals surface area (Å²) in [5.74, 6) is 15.6. The highest BCUT2D eigenvalue weighted by molar-refractivity contribution is 6.26. The Morgan fingerprint density at radius 1 is 0.455 bits per heavy atom. The Balaban J connectivity index is 1.69. The molecule has 0 saturated heterocycles. The highest BCUT2D eigenvalue weighted by Gasteiger charge is 2.22. The predicted octanol–water partition coefficient (Wildman–Crippen LogP) is 10.00. The maximum Gasteiger partial charge on any atom is 0.118 e. The average Bonchev–Trinajstić information content (AvgIpc) is 3.00. The van der Waals surface area contributed by atoms with Gasteiger partial charge in [0.05, 0.1) is 14.2 Å². The van der Waals surface area contributed by atoms with Gasteiger partial charge in [0.25, 0.3) is 0 Å². The van der Waals surface area contributed by atoms with Gasteiger partial charge in [-0.2, -0.15) is 0 Å². The molecule has 0 aliphatic heterocycles. The zero-order chi connectivity index (χ0) is 31.2. The van der Waals surface area contributed by atoms with Crippen molar-refractivity contribution in [3.63, 3.8) is 0 Å². The van der Waals surface area contributed by atoms with Crippen molar-refractivity contribution in [3.05, 3.63) is 118 Å². The quantitative estimate of drug-likeness (QED) is 0.151. The number of hydrogen-bond donors (Lipinski definition) is 0. The molecule has 0 bridgehead atoms. The SMILES string of the molecule is COc1ccc(C#Cc2cc3cc(C(C)(C)C)cc4cc(C#Cc5ccc(OC)cc5)c5cc(C(C)(C)C)cc2c5c34)cc1. The van der Waals surface area contributed by atoms with Crippen LogP contribution in [0.2, 0.25) is 0 Å². The van der Waals surface area contributed by atoms with Gasteiger partial charge in [0, 0.05) is 22.3 Å². The van der Waals surface area contributed by atoms with E-state index >= 15 is 0 Å². The molecule has 0 radical (unpaired) electrons. The molecule has 0 fully saturated rings. The van der Waals surface area contributed by atoms with E-state index in [-0.39, 0.29) is 10.8 Å². The zero-order valence-electron chi connectivity index (χ0n) is 26.9. The molecule has 0 N–H and O–H groups in total. The minimum absolute atomic E-state index is 0.00622. The zero-order valence-corrected chi connectivity index (χ0v) is 26.9. The van der Waals surface area contributed by atoms with Crippen LogP contribution < -0.4 is 9.47 Å². The lowest BCUT2D eigenvalue weighted by molar-refractivity contribution is 0.414. The molecule has 218 valence electrons. The third kappa shape index (κ3) is 5.57. The van der Waals surface area contributed by atoms with Crippen molar-refractivity contribution >= 4 is 32.3 Å². The van der Waals surface area contributed by atoms with E-state index in [4.69, 9.17) is 9.47 Å². The lowest BCUT2D eigenvalue weighted by Gasteiger charge is -2.24. The highest BCUT2D eigenvalue weighted by Crippen LogP contribution is 2.42. The summed E-state index contributed by atoms with van der Waals surface area (Å²) >= 11 is 0. The second-order valence-corrected chi connectivity index (χ2v) is 13.5. The normalized spacial score (nSPS) is 11.7. The third-order valence-corrected chi connectivity index (χ3v) is 8.36. The van der Waals surface area contributed by atoms with Crippen molar-refractivity contribution < 1.29 is 9.47 Å². The Morgan fingerprint density at radius 3 is 1.20 bits per heavy atom. The summed E-state index contributed by atoms with van der Waals surface area (Å²) in [6.45, 7) is 13.6. The van der Waals surface area contributed by atoms with Gasteiger partial charge in [-0.1, -0.05) is 77.4 Å². The topological polar surface area (TPSA) is 18.5 Å². The molecular formula is C42H38O2. The molecule has 0 amide bonds. The van der Waals surface area contributed by atoms with Crippen molar-refractivity contribution in [2.24, 2.45) is 0 Å². The van der Waals surface area contributed by atoms with Crippen LogP contribution in [0.4, 0.5) is 0 Å². The molecule has 6 rings (SSSR count). The molecule has 0 aliphatic carbocycles. The van der Waals surface area contributed by atoms with E-state index in [0.717, 1.165) is 33.8 Å². The molecule has 2 nitrogen and oxygen atoms in total. The van der Waals surface area contributed by atoms with Crippen molar-refractivity contribution in [2.75, 3.05) is 14.2 Å². The van der Waals surface area contributed by atoms with Gasteiger partial charge in [-0.25, -0.2) is 0 Å². The molecule has 6 aromatic carbocycles. The van der Waals surface area contributed by atoms with Crippen LogP contribution in [0.25, 0.3) is 32.3 Å². The molecular weight excluding hydrogens is 536 g/mol. The highest BCUT2D eigenvalue weighted by atomic mass is 16.5. The standard InChI is InChI=1S/C42H38O2/c1-41(2,3)33-23-31-21-29(15-9-27-11-17-35(43-7)18-12-27)37-25-34(42(4,5)6)26-38-30(22-32(24-33)39(31)40(37)38)16-10-28-13-19-36(44-8)20-14-28/h11-14,17-26H,1-8H3. The molecule has 2 heteroatoms. The van der Waals surface area contributed by atoms with Gasteiger partial charge in [0.2, 0.25) is 0 Å². The van der Waals surface area contributed by atoms with E-state index < -0.39 is 0 Å². The molecule has 0 aliphatic rings. The van der Waals surface area contributed by atoms with Crippen molar-refractivity contribution in [2.45, 2.75) is 52.4 Å². The van der Waals surface area contributed by atoms with Crippen LogP contribution in [0.1, 0.15) is 74.9 Å². The fourth-order valence-electron chi connectivity index (χ4n) is 5.71. The van der Waals surface area contributed by atoms with Gasteiger partial charge in [-0.05, 0) is 127 Å². The van der Waals surface area contributed by atoms with Crippen LogP contribution in [0.3, 0.4) is 0 Å². The van der Waals surface area contributed by atoms with Gasteiger partial charge in [-0.3, -0.25) is 0 Å². The molecule has 0 spiro atoms. The monoisotopic (exact) mass is 574 g/mol. The first-order valence-electron chi connectivity index (χ1n) is 15.1. The first-order valence-corrected chi connectivity index (χ1v) is 15.1. The number of methoxy groups -OCH3 is 2. The van der Waals surface area contributed by atoms with Gasteiger partial charge in [-0.15, -0.1) is 0 Å². The van der Waals surface area contributed by atoms with Gasteiger partial charge < -0.3 is 9.47 Å². The summed E-state index contributed by atoms with van der Waals surface area (Å²) in [6, 6.07) is 29.8. The number of rotatable bonds is 2. The predicted molar refractivity (Wildman–Crippen MR) is 185 cm³/mol. The largest absolute Gasteiger partial charge is 0.497 e. The van der Waals surface area contributed by atoms with E-state index in [2.05, 4.69) is 102 Å². The molecule has 0 saturated carbocycles. The van der Waals surface area contributed by atoms with Crippen LogP contribution in [0.15, 0.2) is 84.9 Å². The Labute approximate surface area is 261 Å². The lowest BCUT2D eigenvalue weighted by Crippen LogP contribution is -2.12. The number of ether oxygens (including phenoxy) is 2. The summed E-state index contributed by atoms with van der Waals surface area (Å²) in [5.41, 5.74) is 6.45. The minimum atomic E-state index is -0.0504. The maximum absolute atomic E-state index is 5.35. The van der Waals surface area contributed by atoms with E-state index in [1.165, 1.54) is 43.4 Å². The van der Waals surface area contributed by atoms with E-state index in [0.29, 0.717) is 0 Å². The van der Waals surface area contributed by atoms with Crippen LogP contribution in [-0.2, 0) is 10.8 Å². The molecule has 0 atom stereocenters. The van der Waals surface area contributed by atoms with E-state index in [9.17, 15) is 0 Å². The summed E-state index contributed by atoms with van der Waals surface area (Å²) in [5, 5.41) is 7.26. The van der Waals surface area contributed by atoms with Crippen LogP contribution >= 0.6 is 0 Å². The smallest absolute Gasteiger partial charge is 0.118 e. The average molecular weight is 575 g/mol. The number of benzene rings is 6. The molecule has 6 aromatic rings. The third-order valence-electron chi connectivity index (χ3n) is 8.36. The summed E-state index contributed by atoms with van der Waals surface area (Å²) < 4.78 is 10.7. The summed E-state index contributed by atoms with van der Waals surface area (Å²) in [4.78, 5) is 0. The Kier molecular flexibility index (Phi) is 7.27. The fraction of sp³-hybridized carbons (Fsp3) is 0.238. The maximum atomic E-state index is 5.35.